The molecule has 1 aliphatic heterocycles. The summed E-state index contributed by atoms with van der Waals surface area (Å²) in [5, 5.41) is 3.21. The van der Waals surface area contributed by atoms with E-state index in [2.05, 4.69) is 12.2 Å². The molecule has 1 amide bonds. The highest BCUT2D eigenvalue weighted by Gasteiger charge is 2.28. The molecular formula is C14H20N2O2. The van der Waals surface area contributed by atoms with Gasteiger partial charge in [-0.1, -0.05) is 13.0 Å². The van der Waals surface area contributed by atoms with Crippen molar-refractivity contribution in [2.75, 3.05) is 26.7 Å². The van der Waals surface area contributed by atoms with Crippen molar-refractivity contribution < 1.29 is 9.53 Å². The van der Waals surface area contributed by atoms with Crippen LogP contribution in [-0.4, -0.2) is 43.6 Å². The van der Waals surface area contributed by atoms with Gasteiger partial charge in [-0.15, -0.1) is 0 Å². The lowest BCUT2D eigenvalue weighted by molar-refractivity contribution is 0.0615. The first kappa shape index (κ1) is 12.9. The van der Waals surface area contributed by atoms with Crippen LogP contribution in [0.4, 0.5) is 0 Å². The number of methoxy groups -OCH3 is 1. The van der Waals surface area contributed by atoms with Crippen LogP contribution < -0.4 is 10.1 Å². The van der Waals surface area contributed by atoms with Gasteiger partial charge in [0.25, 0.3) is 5.91 Å². The molecule has 0 saturated carbocycles. The summed E-state index contributed by atoms with van der Waals surface area (Å²) in [5.74, 6) is 0.825. The molecule has 0 aliphatic carbocycles. The summed E-state index contributed by atoms with van der Waals surface area (Å²) in [4.78, 5) is 14.4. The van der Waals surface area contributed by atoms with Crippen LogP contribution >= 0.6 is 0 Å². The Bertz CT molecular complexity index is 416. The van der Waals surface area contributed by atoms with Crippen molar-refractivity contribution in [2.45, 2.75) is 19.4 Å². The Balaban J connectivity index is 2.15. The fourth-order valence-electron chi connectivity index (χ4n) is 2.11. The van der Waals surface area contributed by atoms with Gasteiger partial charge in [-0.2, -0.15) is 0 Å². The molecule has 1 fully saturated rings. The highest BCUT2D eigenvalue weighted by molar-refractivity contribution is 5.95. The van der Waals surface area contributed by atoms with Crippen molar-refractivity contribution in [1.29, 1.82) is 0 Å². The first-order valence-electron chi connectivity index (χ1n) is 6.42. The predicted octanol–water partition coefficient (Wildman–Crippen LogP) is 1.52. The quantitative estimate of drug-likeness (QED) is 0.859. The number of carbonyl (C=O) groups is 1. The summed E-state index contributed by atoms with van der Waals surface area (Å²) in [6, 6.07) is 7.70. The normalized spacial score (nSPS) is 15.0. The predicted molar refractivity (Wildman–Crippen MR) is 71.0 cm³/mol. The fourth-order valence-corrected chi connectivity index (χ4v) is 2.11. The van der Waals surface area contributed by atoms with E-state index in [0.29, 0.717) is 11.6 Å². The number of ether oxygens (including phenoxy) is 1. The van der Waals surface area contributed by atoms with Crippen LogP contribution in [0.3, 0.4) is 0 Å². The molecule has 0 aromatic heterocycles. The molecule has 1 aliphatic rings. The van der Waals surface area contributed by atoms with Crippen molar-refractivity contribution in [3.8, 4) is 5.75 Å². The van der Waals surface area contributed by atoms with Crippen LogP contribution in [0.2, 0.25) is 0 Å². The van der Waals surface area contributed by atoms with Crippen LogP contribution in [-0.2, 0) is 0 Å². The molecule has 1 heterocycles. The number of hydrogen-bond donors (Lipinski definition) is 1. The summed E-state index contributed by atoms with van der Waals surface area (Å²) in [7, 11) is 1.61. The molecule has 2 rings (SSSR count). The van der Waals surface area contributed by atoms with Crippen molar-refractivity contribution in [1.82, 2.24) is 10.2 Å². The molecule has 4 nitrogen and oxygen atoms in total. The smallest absolute Gasteiger partial charge is 0.254 e. The van der Waals surface area contributed by atoms with Crippen molar-refractivity contribution in [3.63, 3.8) is 0 Å². The fraction of sp³-hybridized carbons (Fsp3) is 0.500. The minimum Gasteiger partial charge on any atom is -0.497 e. The lowest BCUT2D eigenvalue weighted by atomic mass is 10.1. The lowest BCUT2D eigenvalue weighted by Gasteiger charge is -2.38. The Hall–Kier alpha value is -1.55. The van der Waals surface area contributed by atoms with Crippen molar-refractivity contribution >= 4 is 5.91 Å². The second kappa shape index (κ2) is 5.87. The zero-order chi connectivity index (χ0) is 13.0. The Morgan fingerprint density at radius 1 is 1.50 bits per heavy atom. The maximum absolute atomic E-state index is 12.5. The van der Waals surface area contributed by atoms with Crippen molar-refractivity contribution in [2.24, 2.45) is 0 Å². The van der Waals surface area contributed by atoms with Crippen LogP contribution in [0.5, 0.6) is 5.75 Å². The third-order valence-corrected chi connectivity index (χ3v) is 3.24. The molecule has 4 heteroatoms. The molecule has 0 atom stereocenters. The molecular weight excluding hydrogens is 228 g/mol. The van der Waals surface area contributed by atoms with E-state index < -0.39 is 0 Å². The summed E-state index contributed by atoms with van der Waals surface area (Å²) in [5.41, 5.74) is 0.703. The minimum absolute atomic E-state index is 0.0993. The zero-order valence-corrected chi connectivity index (χ0v) is 11.0. The SMILES string of the molecule is CCCN(C(=O)c1cccc(OC)c1)C1CNC1. The van der Waals surface area contributed by atoms with Gasteiger partial charge in [0.1, 0.15) is 5.75 Å². The molecule has 1 aromatic carbocycles. The molecule has 0 spiro atoms. The summed E-state index contributed by atoms with van der Waals surface area (Å²) in [6.07, 6.45) is 0.978. The molecule has 18 heavy (non-hydrogen) atoms. The summed E-state index contributed by atoms with van der Waals surface area (Å²) < 4.78 is 5.16. The topological polar surface area (TPSA) is 41.6 Å². The summed E-state index contributed by atoms with van der Waals surface area (Å²) >= 11 is 0. The molecule has 1 N–H and O–H groups in total. The molecule has 1 saturated heterocycles. The van der Waals surface area contributed by atoms with Gasteiger partial charge in [-0.3, -0.25) is 4.79 Å². The number of hydrogen-bond acceptors (Lipinski definition) is 3. The van der Waals surface area contributed by atoms with Gasteiger partial charge in [0.15, 0.2) is 0 Å². The second-order valence-electron chi connectivity index (χ2n) is 4.54. The maximum Gasteiger partial charge on any atom is 0.254 e. The van der Waals surface area contributed by atoms with E-state index in [4.69, 9.17) is 4.74 Å². The molecule has 0 radical (unpaired) electrons. The monoisotopic (exact) mass is 248 g/mol. The highest BCUT2D eigenvalue weighted by atomic mass is 16.5. The van der Waals surface area contributed by atoms with Gasteiger partial charge in [0.05, 0.1) is 13.2 Å². The molecule has 0 unspecified atom stereocenters. The standard InChI is InChI=1S/C14H20N2O2/c1-3-7-16(12-9-15-10-12)14(17)11-5-4-6-13(8-11)18-2/h4-6,8,12,15H,3,7,9-10H2,1-2H3. The first-order valence-corrected chi connectivity index (χ1v) is 6.42. The number of nitrogens with one attached hydrogen (secondary N) is 1. The summed E-state index contributed by atoms with van der Waals surface area (Å²) in [6.45, 7) is 4.70. The number of benzene rings is 1. The highest BCUT2D eigenvalue weighted by Crippen LogP contribution is 2.17. The average molecular weight is 248 g/mol. The van der Waals surface area contributed by atoms with Gasteiger partial charge in [0, 0.05) is 25.2 Å². The van der Waals surface area contributed by atoms with Crippen LogP contribution in [0, 0.1) is 0 Å². The Morgan fingerprint density at radius 2 is 2.28 bits per heavy atom. The van der Waals surface area contributed by atoms with E-state index in [0.717, 1.165) is 31.8 Å². The third kappa shape index (κ3) is 2.64. The third-order valence-electron chi connectivity index (χ3n) is 3.24. The number of nitrogens with zero attached hydrogens (tertiary/aromatic N) is 1. The van der Waals surface area contributed by atoms with E-state index >= 15 is 0 Å². The zero-order valence-electron chi connectivity index (χ0n) is 11.0. The van der Waals surface area contributed by atoms with Crippen LogP contribution in [0.15, 0.2) is 24.3 Å². The van der Waals surface area contributed by atoms with Gasteiger partial charge < -0.3 is 15.0 Å². The lowest BCUT2D eigenvalue weighted by Crippen LogP contribution is -2.59. The Morgan fingerprint density at radius 3 is 2.83 bits per heavy atom. The van der Waals surface area contributed by atoms with E-state index in [-0.39, 0.29) is 5.91 Å². The molecule has 1 aromatic rings. The van der Waals surface area contributed by atoms with Crippen LogP contribution in [0.25, 0.3) is 0 Å². The number of carbonyl (C=O) groups excluding carboxylic acids is 1. The van der Waals surface area contributed by atoms with E-state index in [1.807, 2.05) is 23.1 Å². The van der Waals surface area contributed by atoms with Gasteiger partial charge in [-0.25, -0.2) is 0 Å². The van der Waals surface area contributed by atoms with Gasteiger partial charge >= 0.3 is 0 Å². The van der Waals surface area contributed by atoms with Crippen LogP contribution in [0.1, 0.15) is 23.7 Å². The maximum atomic E-state index is 12.5. The van der Waals surface area contributed by atoms with E-state index in [1.165, 1.54) is 0 Å². The number of amides is 1. The average Bonchev–Trinajstić information content (AvgIpc) is 2.35. The minimum atomic E-state index is 0.0993. The Kier molecular flexibility index (Phi) is 4.20. The second-order valence-corrected chi connectivity index (χ2v) is 4.54. The van der Waals surface area contributed by atoms with E-state index in [1.54, 1.807) is 13.2 Å². The first-order chi connectivity index (χ1) is 8.76. The van der Waals surface area contributed by atoms with E-state index in [9.17, 15) is 4.79 Å². The number of rotatable bonds is 5. The Labute approximate surface area is 108 Å². The molecule has 0 bridgehead atoms. The van der Waals surface area contributed by atoms with Crippen molar-refractivity contribution in [3.05, 3.63) is 29.8 Å². The molecule has 98 valence electrons. The van der Waals surface area contributed by atoms with Gasteiger partial charge in [-0.05, 0) is 24.6 Å². The largest absolute Gasteiger partial charge is 0.497 e. The van der Waals surface area contributed by atoms with Gasteiger partial charge in [0.2, 0.25) is 0 Å².